The Bertz CT molecular complexity index is 952. The molecule has 0 aromatic heterocycles. The third-order valence-corrected chi connectivity index (χ3v) is 5.36. The molecule has 8 nitrogen and oxygen atoms in total. The van der Waals surface area contributed by atoms with Crippen molar-refractivity contribution in [2.45, 2.75) is 38.7 Å². The molecule has 0 radical (unpaired) electrons. The first-order chi connectivity index (χ1) is 16.0. The van der Waals surface area contributed by atoms with Crippen LogP contribution in [0, 0.1) is 0 Å². The number of hydrogen-bond acceptors (Lipinski definition) is 6. The van der Waals surface area contributed by atoms with Crippen molar-refractivity contribution >= 4 is 23.5 Å². The lowest BCUT2D eigenvalue weighted by atomic mass is 10.2. The van der Waals surface area contributed by atoms with Crippen LogP contribution in [0.2, 0.25) is 0 Å². The molecule has 1 aliphatic heterocycles. The molecule has 0 aliphatic carbocycles. The van der Waals surface area contributed by atoms with Gasteiger partial charge in [0.1, 0.15) is 11.5 Å². The monoisotopic (exact) mass is 454 g/mol. The highest BCUT2D eigenvalue weighted by Crippen LogP contribution is 2.18. The molecule has 3 rings (SSSR count). The van der Waals surface area contributed by atoms with Gasteiger partial charge in [0.15, 0.2) is 12.7 Å². The van der Waals surface area contributed by atoms with Gasteiger partial charge >= 0.3 is 5.97 Å². The summed E-state index contributed by atoms with van der Waals surface area (Å²) < 4.78 is 16.0. The Morgan fingerprint density at radius 2 is 1.67 bits per heavy atom. The zero-order chi connectivity index (χ0) is 23.6. The van der Waals surface area contributed by atoms with E-state index in [1.54, 1.807) is 67.5 Å². The van der Waals surface area contributed by atoms with Gasteiger partial charge in [0.05, 0.1) is 12.7 Å². The lowest BCUT2D eigenvalue weighted by Gasteiger charge is -2.24. The van der Waals surface area contributed by atoms with Crippen LogP contribution in [0.5, 0.6) is 11.5 Å². The number of ether oxygens (including phenoxy) is 3. The predicted molar refractivity (Wildman–Crippen MR) is 123 cm³/mol. The topological polar surface area (TPSA) is 94.2 Å². The Hall–Kier alpha value is -3.55. The first-order valence-electron chi connectivity index (χ1n) is 11.1. The standard InChI is InChI=1S/C25H30N2O6/c1-18(24(29)27-14-5-3-4-6-15-27)33-25(30)19-10-12-21(13-11-19)32-17-23(28)26-20-8-7-9-22(16-20)31-2/h7-13,16,18H,3-6,14-15,17H2,1-2H3,(H,26,28). The van der Waals surface area contributed by atoms with Crippen LogP contribution in [0.3, 0.4) is 0 Å². The summed E-state index contributed by atoms with van der Waals surface area (Å²) >= 11 is 0. The van der Waals surface area contributed by atoms with Gasteiger partial charge in [0.2, 0.25) is 0 Å². The van der Waals surface area contributed by atoms with E-state index in [1.807, 2.05) is 0 Å². The van der Waals surface area contributed by atoms with Crippen molar-refractivity contribution in [3.05, 3.63) is 54.1 Å². The van der Waals surface area contributed by atoms with Gasteiger partial charge in [-0.25, -0.2) is 4.79 Å². The number of anilines is 1. The average molecular weight is 455 g/mol. The number of nitrogens with one attached hydrogen (secondary N) is 1. The summed E-state index contributed by atoms with van der Waals surface area (Å²) in [5, 5.41) is 2.73. The minimum absolute atomic E-state index is 0.160. The van der Waals surface area contributed by atoms with E-state index in [4.69, 9.17) is 14.2 Å². The molecule has 2 aromatic rings. The second-order valence-electron chi connectivity index (χ2n) is 7.88. The molecule has 1 unspecified atom stereocenters. The van der Waals surface area contributed by atoms with Crippen molar-refractivity contribution in [2.24, 2.45) is 0 Å². The zero-order valence-electron chi connectivity index (χ0n) is 19.0. The van der Waals surface area contributed by atoms with E-state index in [0.717, 1.165) is 25.7 Å². The molecule has 0 spiro atoms. The molecule has 1 atom stereocenters. The van der Waals surface area contributed by atoms with E-state index in [9.17, 15) is 14.4 Å². The smallest absolute Gasteiger partial charge is 0.338 e. The van der Waals surface area contributed by atoms with E-state index in [0.29, 0.717) is 35.8 Å². The van der Waals surface area contributed by atoms with Gasteiger partial charge in [-0.2, -0.15) is 0 Å². The molecular weight excluding hydrogens is 424 g/mol. The van der Waals surface area contributed by atoms with Gasteiger partial charge in [-0.1, -0.05) is 18.9 Å². The Morgan fingerprint density at radius 1 is 0.970 bits per heavy atom. The third kappa shape index (κ3) is 7.24. The van der Waals surface area contributed by atoms with Crippen molar-refractivity contribution in [3.8, 4) is 11.5 Å². The number of hydrogen-bond donors (Lipinski definition) is 1. The summed E-state index contributed by atoms with van der Waals surface area (Å²) in [4.78, 5) is 38.9. The largest absolute Gasteiger partial charge is 0.497 e. The van der Waals surface area contributed by atoms with Crippen LogP contribution in [0.25, 0.3) is 0 Å². The molecule has 33 heavy (non-hydrogen) atoms. The van der Waals surface area contributed by atoms with Crippen LogP contribution in [0.1, 0.15) is 43.0 Å². The number of carbonyl (C=O) groups excluding carboxylic acids is 3. The van der Waals surface area contributed by atoms with Gasteiger partial charge in [0.25, 0.3) is 11.8 Å². The Labute approximate surface area is 193 Å². The molecule has 2 amide bonds. The van der Waals surface area contributed by atoms with E-state index in [1.165, 1.54) is 0 Å². The molecule has 0 saturated carbocycles. The fraction of sp³-hybridized carbons (Fsp3) is 0.400. The number of nitrogens with zero attached hydrogens (tertiary/aromatic N) is 1. The molecule has 1 saturated heterocycles. The molecule has 1 fully saturated rings. The van der Waals surface area contributed by atoms with E-state index in [-0.39, 0.29) is 18.4 Å². The zero-order valence-corrected chi connectivity index (χ0v) is 19.0. The highest BCUT2D eigenvalue weighted by atomic mass is 16.5. The van der Waals surface area contributed by atoms with Gasteiger partial charge < -0.3 is 24.4 Å². The van der Waals surface area contributed by atoms with E-state index >= 15 is 0 Å². The molecule has 8 heteroatoms. The normalized spacial score (nSPS) is 14.5. The number of rotatable bonds is 8. The molecule has 0 bridgehead atoms. The van der Waals surface area contributed by atoms with Crippen molar-refractivity contribution in [1.29, 1.82) is 0 Å². The second kappa shape index (κ2) is 11.9. The maximum Gasteiger partial charge on any atom is 0.338 e. The van der Waals surface area contributed by atoms with Gasteiger partial charge in [-0.15, -0.1) is 0 Å². The molecule has 176 valence electrons. The SMILES string of the molecule is COc1cccc(NC(=O)COc2ccc(C(=O)OC(C)C(=O)N3CCCCCC3)cc2)c1. The molecule has 1 N–H and O–H groups in total. The van der Waals surface area contributed by atoms with Crippen molar-refractivity contribution in [1.82, 2.24) is 4.90 Å². The number of amides is 2. The molecule has 2 aromatic carbocycles. The lowest BCUT2D eigenvalue weighted by molar-refractivity contribution is -0.139. The summed E-state index contributed by atoms with van der Waals surface area (Å²) in [5.41, 5.74) is 0.906. The third-order valence-electron chi connectivity index (χ3n) is 5.36. The minimum Gasteiger partial charge on any atom is -0.497 e. The summed E-state index contributed by atoms with van der Waals surface area (Å²) in [6.07, 6.45) is 3.35. The second-order valence-corrected chi connectivity index (χ2v) is 7.88. The van der Waals surface area contributed by atoms with Gasteiger partial charge in [0, 0.05) is 24.8 Å². The van der Waals surface area contributed by atoms with Gasteiger partial charge in [-0.3, -0.25) is 9.59 Å². The summed E-state index contributed by atoms with van der Waals surface area (Å²) in [7, 11) is 1.55. The highest BCUT2D eigenvalue weighted by molar-refractivity contribution is 5.93. The van der Waals surface area contributed by atoms with E-state index < -0.39 is 12.1 Å². The molecular formula is C25H30N2O6. The average Bonchev–Trinajstić information content (AvgIpc) is 3.12. The number of esters is 1. The van der Waals surface area contributed by atoms with Crippen LogP contribution >= 0.6 is 0 Å². The van der Waals surface area contributed by atoms with Crippen molar-refractivity contribution in [2.75, 3.05) is 32.1 Å². The number of methoxy groups -OCH3 is 1. The Kier molecular flexibility index (Phi) is 8.69. The summed E-state index contributed by atoms with van der Waals surface area (Å²) in [6.45, 7) is 2.82. The van der Waals surface area contributed by atoms with Crippen LogP contribution in [-0.4, -0.2) is 55.6 Å². The van der Waals surface area contributed by atoms with Crippen LogP contribution < -0.4 is 14.8 Å². The number of carbonyl (C=O) groups is 3. The van der Waals surface area contributed by atoms with Crippen LogP contribution in [-0.2, 0) is 14.3 Å². The molecule has 1 heterocycles. The van der Waals surface area contributed by atoms with Crippen molar-refractivity contribution in [3.63, 3.8) is 0 Å². The summed E-state index contributed by atoms with van der Waals surface area (Å²) in [5.74, 6) is 0.00695. The maximum absolute atomic E-state index is 12.6. The molecule has 1 aliphatic rings. The minimum atomic E-state index is -0.841. The lowest BCUT2D eigenvalue weighted by Crippen LogP contribution is -2.40. The fourth-order valence-electron chi connectivity index (χ4n) is 3.56. The van der Waals surface area contributed by atoms with E-state index in [2.05, 4.69) is 5.32 Å². The number of likely N-dealkylation sites (tertiary alicyclic amines) is 1. The van der Waals surface area contributed by atoms with Crippen LogP contribution in [0.4, 0.5) is 5.69 Å². The Balaban J connectivity index is 1.47. The quantitative estimate of drug-likeness (QED) is 0.612. The first-order valence-corrected chi connectivity index (χ1v) is 11.1. The summed E-state index contributed by atoms with van der Waals surface area (Å²) in [6, 6.07) is 13.3. The highest BCUT2D eigenvalue weighted by Gasteiger charge is 2.25. The predicted octanol–water partition coefficient (Wildman–Crippen LogP) is 3.66. The van der Waals surface area contributed by atoms with Gasteiger partial charge in [-0.05, 0) is 56.2 Å². The fourth-order valence-corrected chi connectivity index (χ4v) is 3.56. The maximum atomic E-state index is 12.6. The Morgan fingerprint density at radius 3 is 2.33 bits per heavy atom. The van der Waals surface area contributed by atoms with Crippen LogP contribution in [0.15, 0.2) is 48.5 Å². The van der Waals surface area contributed by atoms with Crippen molar-refractivity contribution < 1.29 is 28.6 Å². The first kappa shape index (κ1) is 24.1. The number of benzene rings is 2.